The predicted octanol–water partition coefficient (Wildman–Crippen LogP) is 5.74. The lowest BCUT2D eigenvalue weighted by molar-refractivity contribution is 1.71. The van der Waals surface area contributed by atoms with Crippen LogP contribution in [0.25, 0.3) is 0 Å². The Morgan fingerprint density at radius 3 is 1.55 bits per heavy atom. The molecule has 6 heteroatoms. The van der Waals surface area contributed by atoms with E-state index < -0.39 is 0 Å². The van der Waals surface area contributed by atoms with E-state index in [2.05, 4.69) is 95.6 Å². The summed E-state index contributed by atoms with van der Waals surface area (Å²) in [6.07, 6.45) is 0. The molecule has 0 rings (SSSR count). The molecule has 0 unspecified atom stereocenters. The second kappa shape index (κ2) is 6.76. The van der Waals surface area contributed by atoms with Crippen LogP contribution < -0.4 is 0 Å². The number of allylic oxidation sites excluding steroid dienone is 3. The quantitative estimate of drug-likeness (QED) is 0.309. The Hall–Kier alpha value is 2.36. The highest BCUT2D eigenvalue weighted by molar-refractivity contribution is 9.29. The molecule has 0 aromatic carbocycles. The third-order valence-corrected chi connectivity index (χ3v) is 7.29. The van der Waals surface area contributed by atoms with Crippen molar-refractivity contribution >= 4 is 95.6 Å². The van der Waals surface area contributed by atoms with Crippen molar-refractivity contribution in [3.05, 3.63) is 16.8 Å². The van der Waals surface area contributed by atoms with Crippen LogP contribution in [0.15, 0.2) is 16.8 Å². The van der Waals surface area contributed by atoms with E-state index in [0.29, 0.717) is 0 Å². The Labute approximate surface area is 116 Å². The number of alkyl halides is 1. The molecule has 0 aliphatic rings. The summed E-state index contributed by atoms with van der Waals surface area (Å²) >= 11 is 20.1. The standard InChI is InChI=1S/C5H2Br6/c6-1-2(7)3(8)4(9)5(10)11/h1H2. The lowest BCUT2D eigenvalue weighted by Gasteiger charge is -2.00. The molecule has 0 heterocycles. The Kier molecular flexibility index (Phi) is 8.21. The van der Waals surface area contributed by atoms with Crippen molar-refractivity contribution in [1.29, 1.82) is 0 Å². The van der Waals surface area contributed by atoms with Gasteiger partial charge in [0, 0.05) is 14.3 Å². The van der Waals surface area contributed by atoms with Gasteiger partial charge in [0.25, 0.3) is 0 Å². The van der Waals surface area contributed by atoms with Gasteiger partial charge in [-0.3, -0.25) is 0 Å². The number of hydrogen-bond acceptors (Lipinski definition) is 0. The zero-order valence-corrected chi connectivity index (χ0v) is 14.5. The third-order valence-electron chi connectivity index (χ3n) is 0.714. The molecule has 0 spiro atoms. The molecule has 0 N–H and O–H groups in total. The molecule has 0 atom stereocenters. The summed E-state index contributed by atoms with van der Waals surface area (Å²) in [5.74, 6) is 0. The van der Waals surface area contributed by atoms with Crippen LogP contribution in [0.4, 0.5) is 0 Å². The van der Waals surface area contributed by atoms with Gasteiger partial charge >= 0.3 is 0 Å². The number of halogens is 6. The van der Waals surface area contributed by atoms with E-state index in [4.69, 9.17) is 0 Å². The summed E-state index contributed by atoms with van der Waals surface area (Å²) in [4.78, 5) is 0. The van der Waals surface area contributed by atoms with Crippen molar-refractivity contribution in [3.63, 3.8) is 0 Å². The molecular weight excluding hydrogens is 539 g/mol. The SMILES string of the molecule is BrCC(Br)=C(Br)C(Br)=C(Br)Br. The fourth-order valence-corrected chi connectivity index (χ4v) is 2.89. The molecule has 0 saturated carbocycles. The normalized spacial score (nSPS) is 12.5. The molecular formula is C5H2Br6. The maximum Gasteiger partial charge on any atom is 0.0757 e. The Balaban J connectivity index is 4.75. The maximum absolute atomic E-state index is 3.41. The molecule has 64 valence electrons. The molecule has 0 fully saturated rings. The second-order valence-corrected chi connectivity index (χ2v) is 7.18. The highest BCUT2D eigenvalue weighted by Crippen LogP contribution is 2.36. The number of hydrogen-bond donors (Lipinski definition) is 0. The summed E-state index contributed by atoms with van der Waals surface area (Å²) in [7, 11) is 0. The molecule has 0 saturated heterocycles. The predicted molar refractivity (Wildman–Crippen MR) is 72.5 cm³/mol. The molecule has 0 bridgehead atoms. The first-order valence-electron chi connectivity index (χ1n) is 2.32. The first kappa shape index (κ1) is 13.4. The minimum Gasteiger partial charge on any atom is -0.0870 e. The van der Waals surface area contributed by atoms with Gasteiger partial charge in [-0.2, -0.15) is 0 Å². The highest BCUT2D eigenvalue weighted by Gasteiger charge is 2.05. The molecule has 11 heavy (non-hydrogen) atoms. The van der Waals surface area contributed by atoms with Crippen molar-refractivity contribution in [2.45, 2.75) is 0 Å². The smallest absolute Gasteiger partial charge is 0.0757 e. The minimum atomic E-state index is 0.774. The van der Waals surface area contributed by atoms with E-state index in [1.165, 1.54) is 0 Å². The van der Waals surface area contributed by atoms with Gasteiger partial charge in [-0.25, -0.2) is 0 Å². The number of rotatable bonds is 2. The molecule has 0 aliphatic carbocycles. The van der Waals surface area contributed by atoms with Gasteiger partial charge in [-0.15, -0.1) is 0 Å². The molecule has 0 aromatic heterocycles. The van der Waals surface area contributed by atoms with E-state index >= 15 is 0 Å². The van der Waals surface area contributed by atoms with Crippen LogP contribution in [0, 0.1) is 0 Å². The zero-order valence-electron chi connectivity index (χ0n) is 4.97. The minimum absolute atomic E-state index is 0.774. The van der Waals surface area contributed by atoms with Crippen LogP contribution in [0.5, 0.6) is 0 Å². The van der Waals surface area contributed by atoms with Gasteiger partial charge in [0.2, 0.25) is 0 Å². The van der Waals surface area contributed by atoms with E-state index in [1.807, 2.05) is 0 Å². The van der Waals surface area contributed by atoms with Crippen LogP contribution in [0.3, 0.4) is 0 Å². The fourth-order valence-electron chi connectivity index (χ4n) is 0.261. The Morgan fingerprint density at radius 1 is 0.818 bits per heavy atom. The van der Waals surface area contributed by atoms with Gasteiger partial charge in [-0.1, -0.05) is 31.9 Å². The lowest BCUT2D eigenvalue weighted by atomic mass is 10.5. The van der Waals surface area contributed by atoms with E-state index in [1.54, 1.807) is 0 Å². The van der Waals surface area contributed by atoms with Gasteiger partial charge < -0.3 is 0 Å². The maximum atomic E-state index is 3.41. The largest absolute Gasteiger partial charge is 0.0870 e. The third kappa shape index (κ3) is 4.96. The van der Waals surface area contributed by atoms with Gasteiger partial charge in [0.15, 0.2) is 0 Å². The molecule has 0 nitrogen and oxygen atoms in total. The van der Waals surface area contributed by atoms with Crippen LogP contribution >= 0.6 is 95.6 Å². The van der Waals surface area contributed by atoms with Gasteiger partial charge in [0.05, 0.1) is 7.87 Å². The first-order chi connectivity index (χ1) is 5.00. The van der Waals surface area contributed by atoms with Crippen molar-refractivity contribution in [2.24, 2.45) is 0 Å². The summed E-state index contributed by atoms with van der Waals surface area (Å²) < 4.78 is 3.82. The average molecular weight is 541 g/mol. The van der Waals surface area contributed by atoms with Crippen LogP contribution in [0.2, 0.25) is 0 Å². The van der Waals surface area contributed by atoms with Crippen LogP contribution in [-0.4, -0.2) is 5.33 Å². The molecule has 0 aromatic rings. The van der Waals surface area contributed by atoms with Gasteiger partial charge in [0.1, 0.15) is 0 Å². The topological polar surface area (TPSA) is 0 Å². The zero-order chi connectivity index (χ0) is 9.02. The Bertz CT molecular complexity index is 199. The fraction of sp³-hybridized carbons (Fsp3) is 0.200. The van der Waals surface area contributed by atoms with E-state index in [9.17, 15) is 0 Å². The van der Waals surface area contributed by atoms with Gasteiger partial charge in [-0.05, 0) is 63.7 Å². The van der Waals surface area contributed by atoms with Crippen LogP contribution in [0.1, 0.15) is 0 Å². The monoisotopic (exact) mass is 536 g/mol. The van der Waals surface area contributed by atoms with Crippen molar-refractivity contribution in [3.8, 4) is 0 Å². The average Bonchev–Trinajstić information content (AvgIpc) is 2.00. The Morgan fingerprint density at radius 2 is 1.27 bits per heavy atom. The molecule has 0 radical (unpaired) electrons. The van der Waals surface area contributed by atoms with Crippen LogP contribution in [-0.2, 0) is 0 Å². The first-order valence-corrected chi connectivity index (χ1v) is 7.40. The van der Waals surface area contributed by atoms with Crippen molar-refractivity contribution in [1.82, 2.24) is 0 Å². The van der Waals surface area contributed by atoms with Crippen molar-refractivity contribution < 1.29 is 0 Å². The lowest BCUT2D eigenvalue weighted by Crippen LogP contribution is -1.79. The summed E-state index contributed by atoms with van der Waals surface area (Å²) in [6, 6.07) is 0. The summed E-state index contributed by atoms with van der Waals surface area (Å²) in [5.41, 5.74) is 0. The molecule has 0 aliphatic heterocycles. The summed E-state index contributed by atoms with van der Waals surface area (Å²) in [6.45, 7) is 0. The van der Waals surface area contributed by atoms with E-state index in [-0.39, 0.29) is 0 Å². The summed E-state index contributed by atoms with van der Waals surface area (Å²) in [5, 5.41) is 0.774. The van der Waals surface area contributed by atoms with E-state index in [0.717, 1.165) is 22.2 Å². The highest BCUT2D eigenvalue weighted by atomic mass is 79.9. The molecule has 0 amide bonds. The second-order valence-electron chi connectivity index (χ2n) is 1.43. The van der Waals surface area contributed by atoms with Crippen molar-refractivity contribution in [2.75, 3.05) is 5.33 Å².